The highest BCUT2D eigenvalue weighted by atomic mass is 16.5. The van der Waals surface area contributed by atoms with Crippen LogP contribution in [0, 0.1) is 17.8 Å². The molecule has 1 aliphatic carbocycles. The Morgan fingerprint density at radius 1 is 1.29 bits per heavy atom. The van der Waals surface area contributed by atoms with Crippen LogP contribution in [-0.4, -0.2) is 20.2 Å². The van der Waals surface area contributed by atoms with Crippen molar-refractivity contribution in [1.29, 1.82) is 0 Å². The molecular formula is C19H29NO. The first-order chi connectivity index (χ1) is 10.2. The minimum Gasteiger partial charge on any atom is -0.493 e. The minimum atomic E-state index is 0.659. The van der Waals surface area contributed by atoms with Crippen molar-refractivity contribution in [2.24, 2.45) is 17.8 Å². The van der Waals surface area contributed by atoms with Crippen LogP contribution in [0.15, 0.2) is 18.2 Å². The standard InChI is InChI=1S/C19H29NO/c1-13(2)15-7-8-16(12-20-3)18(11-15)17-6-4-5-14-9-10-21-19(14)17/h4-6,13,15-16,18,20H,7-12H2,1-3H3. The average molecular weight is 287 g/mol. The number of ether oxygens (including phenoxy) is 1. The Kier molecular flexibility index (Phi) is 4.54. The van der Waals surface area contributed by atoms with Crippen molar-refractivity contribution >= 4 is 0 Å². The van der Waals surface area contributed by atoms with E-state index in [1.165, 1.54) is 36.1 Å². The summed E-state index contributed by atoms with van der Waals surface area (Å²) in [6, 6.07) is 6.79. The molecule has 0 saturated heterocycles. The van der Waals surface area contributed by atoms with E-state index in [0.29, 0.717) is 5.92 Å². The number of fused-ring (bicyclic) bond motifs is 1. The van der Waals surface area contributed by atoms with E-state index >= 15 is 0 Å². The maximum Gasteiger partial charge on any atom is 0.126 e. The van der Waals surface area contributed by atoms with Crippen LogP contribution in [0.25, 0.3) is 0 Å². The highest BCUT2D eigenvalue weighted by molar-refractivity contribution is 5.46. The Morgan fingerprint density at radius 3 is 2.90 bits per heavy atom. The van der Waals surface area contributed by atoms with Gasteiger partial charge >= 0.3 is 0 Å². The van der Waals surface area contributed by atoms with E-state index in [2.05, 4.69) is 44.4 Å². The van der Waals surface area contributed by atoms with Crippen molar-refractivity contribution in [2.45, 2.75) is 45.4 Å². The molecule has 3 unspecified atom stereocenters. The zero-order valence-corrected chi connectivity index (χ0v) is 13.7. The third kappa shape index (κ3) is 2.96. The average Bonchev–Trinajstić information content (AvgIpc) is 2.96. The lowest BCUT2D eigenvalue weighted by molar-refractivity contribution is 0.189. The van der Waals surface area contributed by atoms with Crippen LogP contribution < -0.4 is 10.1 Å². The predicted molar refractivity (Wildman–Crippen MR) is 88.0 cm³/mol. The second-order valence-electron chi connectivity index (χ2n) is 7.18. The Morgan fingerprint density at radius 2 is 2.14 bits per heavy atom. The summed E-state index contributed by atoms with van der Waals surface area (Å²) in [6.07, 6.45) is 5.14. The molecule has 116 valence electrons. The predicted octanol–water partition coefficient (Wildman–Crippen LogP) is 4.00. The molecule has 1 fully saturated rings. The summed E-state index contributed by atoms with van der Waals surface area (Å²) in [5.74, 6) is 4.28. The smallest absolute Gasteiger partial charge is 0.126 e. The molecule has 0 spiro atoms. The quantitative estimate of drug-likeness (QED) is 0.904. The van der Waals surface area contributed by atoms with Gasteiger partial charge in [-0.25, -0.2) is 0 Å². The van der Waals surface area contributed by atoms with Gasteiger partial charge in [0.15, 0.2) is 0 Å². The second kappa shape index (κ2) is 6.39. The van der Waals surface area contributed by atoms with Gasteiger partial charge < -0.3 is 10.1 Å². The van der Waals surface area contributed by atoms with Crippen molar-refractivity contribution in [1.82, 2.24) is 5.32 Å². The first-order valence-corrected chi connectivity index (χ1v) is 8.60. The number of hydrogen-bond acceptors (Lipinski definition) is 2. The van der Waals surface area contributed by atoms with E-state index in [4.69, 9.17) is 4.74 Å². The number of nitrogens with one attached hydrogen (secondary N) is 1. The van der Waals surface area contributed by atoms with Gasteiger partial charge in [0.25, 0.3) is 0 Å². The van der Waals surface area contributed by atoms with E-state index in [-0.39, 0.29) is 0 Å². The van der Waals surface area contributed by atoms with Crippen molar-refractivity contribution in [2.75, 3.05) is 20.2 Å². The normalized spacial score (nSPS) is 28.5. The summed E-state index contributed by atoms with van der Waals surface area (Å²) in [5.41, 5.74) is 2.90. The second-order valence-corrected chi connectivity index (χ2v) is 7.18. The fraction of sp³-hybridized carbons (Fsp3) is 0.684. The summed E-state index contributed by atoms with van der Waals surface area (Å²) < 4.78 is 5.98. The summed E-state index contributed by atoms with van der Waals surface area (Å²) in [6.45, 7) is 6.75. The minimum absolute atomic E-state index is 0.659. The van der Waals surface area contributed by atoms with Crippen LogP contribution in [0.1, 0.15) is 50.2 Å². The molecule has 1 aliphatic heterocycles. The van der Waals surface area contributed by atoms with Crippen LogP contribution >= 0.6 is 0 Å². The van der Waals surface area contributed by atoms with E-state index in [0.717, 1.165) is 37.3 Å². The summed E-state index contributed by atoms with van der Waals surface area (Å²) >= 11 is 0. The molecule has 1 aromatic rings. The first kappa shape index (κ1) is 14.9. The fourth-order valence-electron chi connectivity index (χ4n) is 4.29. The zero-order chi connectivity index (χ0) is 14.8. The number of para-hydroxylation sites is 1. The number of benzene rings is 1. The lowest BCUT2D eigenvalue weighted by Crippen LogP contribution is -2.32. The molecule has 1 heterocycles. The monoisotopic (exact) mass is 287 g/mol. The van der Waals surface area contributed by atoms with Gasteiger partial charge in [-0.2, -0.15) is 0 Å². The highest BCUT2D eigenvalue weighted by Gasteiger charge is 2.34. The van der Waals surface area contributed by atoms with Crippen molar-refractivity contribution in [3.05, 3.63) is 29.3 Å². The Bertz CT molecular complexity index is 482. The van der Waals surface area contributed by atoms with Gasteiger partial charge in [0, 0.05) is 6.42 Å². The van der Waals surface area contributed by atoms with Crippen molar-refractivity contribution in [3.63, 3.8) is 0 Å². The van der Waals surface area contributed by atoms with Crippen LogP contribution in [0.2, 0.25) is 0 Å². The van der Waals surface area contributed by atoms with E-state index < -0.39 is 0 Å². The Balaban J connectivity index is 1.90. The molecule has 0 amide bonds. The number of rotatable bonds is 4. The van der Waals surface area contributed by atoms with Crippen LogP contribution in [0.5, 0.6) is 5.75 Å². The Labute approximate surface area is 129 Å². The van der Waals surface area contributed by atoms with Gasteiger partial charge in [-0.3, -0.25) is 0 Å². The molecule has 1 aromatic carbocycles. The molecule has 2 nitrogen and oxygen atoms in total. The molecule has 3 atom stereocenters. The third-order valence-corrected chi connectivity index (χ3v) is 5.59. The van der Waals surface area contributed by atoms with Gasteiger partial charge in [-0.15, -0.1) is 0 Å². The molecule has 0 radical (unpaired) electrons. The molecule has 2 heteroatoms. The Hall–Kier alpha value is -1.02. The highest BCUT2D eigenvalue weighted by Crippen LogP contribution is 2.47. The SMILES string of the molecule is CNCC1CCC(C(C)C)CC1c1cccc2c1OCC2. The van der Waals surface area contributed by atoms with Gasteiger partial charge in [-0.05, 0) is 67.7 Å². The van der Waals surface area contributed by atoms with Crippen LogP contribution in [0.3, 0.4) is 0 Å². The number of hydrogen-bond donors (Lipinski definition) is 1. The largest absolute Gasteiger partial charge is 0.493 e. The molecule has 21 heavy (non-hydrogen) atoms. The molecule has 1 N–H and O–H groups in total. The topological polar surface area (TPSA) is 21.3 Å². The molecule has 2 aliphatic rings. The van der Waals surface area contributed by atoms with E-state index in [1.54, 1.807) is 0 Å². The van der Waals surface area contributed by atoms with Crippen molar-refractivity contribution in [3.8, 4) is 5.75 Å². The molecule has 3 rings (SSSR count). The van der Waals surface area contributed by atoms with E-state index in [1.807, 2.05) is 0 Å². The lowest BCUT2D eigenvalue weighted by Gasteiger charge is -2.38. The zero-order valence-electron chi connectivity index (χ0n) is 13.7. The van der Waals surface area contributed by atoms with Crippen molar-refractivity contribution < 1.29 is 4.74 Å². The molecule has 1 saturated carbocycles. The van der Waals surface area contributed by atoms with Gasteiger partial charge in [0.2, 0.25) is 0 Å². The third-order valence-electron chi connectivity index (χ3n) is 5.59. The molecule has 0 aromatic heterocycles. The maximum absolute atomic E-state index is 5.98. The summed E-state index contributed by atoms with van der Waals surface area (Å²) in [5, 5.41) is 3.41. The lowest BCUT2D eigenvalue weighted by atomic mass is 9.68. The maximum atomic E-state index is 5.98. The van der Waals surface area contributed by atoms with E-state index in [9.17, 15) is 0 Å². The van der Waals surface area contributed by atoms with Gasteiger partial charge in [0.05, 0.1) is 6.61 Å². The first-order valence-electron chi connectivity index (χ1n) is 8.60. The summed E-state index contributed by atoms with van der Waals surface area (Å²) in [4.78, 5) is 0. The summed E-state index contributed by atoms with van der Waals surface area (Å²) in [7, 11) is 2.08. The molecule has 0 bridgehead atoms. The fourth-order valence-corrected chi connectivity index (χ4v) is 4.29. The van der Waals surface area contributed by atoms with Crippen LogP contribution in [0.4, 0.5) is 0 Å². The van der Waals surface area contributed by atoms with Crippen LogP contribution in [-0.2, 0) is 6.42 Å². The van der Waals surface area contributed by atoms with Gasteiger partial charge in [0.1, 0.15) is 5.75 Å². The van der Waals surface area contributed by atoms with Gasteiger partial charge in [-0.1, -0.05) is 32.0 Å². The molecular weight excluding hydrogens is 258 g/mol.